The Morgan fingerprint density at radius 1 is 0.537 bits per heavy atom. The normalized spacial score (nSPS) is 10.3. The summed E-state index contributed by atoms with van der Waals surface area (Å²) in [5.41, 5.74) is 0. The number of hydrogen-bond donors (Lipinski definition) is 0. The van der Waals surface area contributed by atoms with Crippen LogP contribution in [-0.4, -0.2) is 49.0 Å². The summed E-state index contributed by atoms with van der Waals surface area (Å²) in [6, 6.07) is 0. The molecule has 1 amide bonds. The zero-order valence-corrected chi connectivity index (χ0v) is 28.4. The lowest BCUT2D eigenvalue weighted by molar-refractivity contribution is -0.147. The van der Waals surface area contributed by atoms with Crippen molar-refractivity contribution in [3.63, 3.8) is 0 Å². The Bertz CT molecular complexity index is 567. The lowest BCUT2D eigenvalue weighted by Gasteiger charge is -2.22. The van der Waals surface area contributed by atoms with Gasteiger partial charge in [-0.2, -0.15) is 0 Å². The fourth-order valence-electron chi connectivity index (χ4n) is 3.96. The van der Waals surface area contributed by atoms with Crippen LogP contribution in [0, 0.1) is 0 Å². The Balaban J connectivity index is -0.00000269. The van der Waals surface area contributed by atoms with E-state index in [9.17, 15) is 14.4 Å². The number of ether oxygens (including phenoxy) is 2. The molecule has 0 N–H and O–H groups in total. The van der Waals surface area contributed by atoms with Crippen LogP contribution in [-0.2, 0) is 23.9 Å². The molecule has 0 unspecified atom stereocenters. The first kappa shape index (κ1) is 43.6. The van der Waals surface area contributed by atoms with Gasteiger partial charge in [0.05, 0.1) is 13.1 Å². The van der Waals surface area contributed by atoms with E-state index >= 15 is 0 Å². The third-order valence-electron chi connectivity index (χ3n) is 6.16. The van der Waals surface area contributed by atoms with Gasteiger partial charge in [0.25, 0.3) is 0 Å². The van der Waals surface area contributed by atoms with E-state index < -0.39 is 0 Å². The fourth-order valence-corrected chi connectivity index (χ4v) is 3.96. The third kappa shape index (κ3) is 36.1. The minimum atomic E-state index is -0.239. The van der Waals surface area contributed by atoms with Crippen molar-refractivity contribution in [1.29, 1.82) is 0 Å². The van der Waals surface area contributed by atoms with Crippen LogP contribution in [0.5, 0.6) is 0 Å². The molecule has 0 aliphatic heterocycles. The number of hydrogen-bond acceptors (Lipinski definition) is 5. The van der Waals surface area contributed by atoms with Crippen LogP contribution in [0.3, 0.4) is 0 Å². The number of esters is 2. The smallest absolute Gasteiger partial charge is 0.305 e. The van der Waals surface area contributed by atoms with Gasteiger partial charge in [0, 0.05) is 19.3 Å². The standard InChI is InChI=1S/C30H55NO5.C3H8.C2H6/c1-4-7-8-9-10-11-12-13-14-15-16-17-18-19-20-23-28(32)31(24-26-35-29(33)21-5-2)25-27-36-30(34)22-6-3;1-3-2;1-2/h13-14H,4-12,15-27H2,1-3H3;3H2,1-2H3;1-2H3/b14-13-;;. The Kier molecular flexibility index (Phi) is 40.6. The van der Waals surface area contributed by atoms with E-state index in [1.165, 1.54) is 64.2 Å². The molecule has 0 heterocycles. The van der Waals surface area contributed by atoms with Gasteiger partial charge in [-0.25, -0.2) is 0 Å². The van der Waals surface area contributed by atoms with Gasteiger partial charge in [0.2, 0.25) is 5.91 Å². The number of carbonyl (C=O) groups excluding carboxylic acids is 3. The summed E-state index contributed by atoms with van der Waals surface area (Å²) >= 11 is 0. The summed E-state index contributed by atoms with van der Waals surface area (Å²) in [5.74, 6) is -0.446. The number of unbranched alkanes of at least 4 members (excludes halogenated alkanes) is 11. The molecule has 41 heavy (non-hydrogen) atoms. The lowest BCUT2D eigenvalue weighted by atomic mass is 10.1. The second-order valence-corrected chi connectivity index (χ2v) is 10.4. The van der Waals surface area contributed by atoms with E-state index in [1.807, 2.05) is 27.7 Å². The monoisotopic (exact) mass is 584 g/mol. The molecule has 0 fully saturated rings. The van der Waals surface area contributed by atoms with E-state index in [0.29, 0.717) is 32.4 Å². The molecule has 0 saturated heterocycles. The Morgan fingerprint density at radius 2 is 0.927 bits per heavy atom. The topological polar surface area (TPSA) is 72.9 Å². The van der Waals surface area contributed by atoms with Crippen molar-refractivity contribution in [2.24, 2.45) is 0 Å². The van der Waals surface area contributed by atoms with Gasteiger partial charge in [-0.05, 0) is 44.9 Å². The zero-order chi connectivity index (χ0) is 31.4. The Morgan fingerprint density at radius 3 is 1.34 bits per heavy atom. The van der Waals surface area contributed by atoms with Crippen molar-refractivity contribution < 1.29 is 23.9 Å². The maximum Gasteiger partial charge on any atom is 0.305 e. The van der Waals surface area contributed by atoms with Crippen molar-refractivity contribution in [3.8, 4) is 0 Å². The summed E-state index contributed by atoms with van der Waals surface area (Å²) in [6.45, 7) is 15.4. The summed E-state index contributed by atoms with van der Waals surface area (Å²) < 4.78 is 10.4. The molecule has 0 aliphatic rings. The number of amides is 1. The van der Waals surface area contributed by atoms with Gasteiger partial charge in [-0.15, -0.1) is 0 Å². The number of carbonyl (C=O) groups is 3. The lowest BCUT2D eigenvalue weighted by Crippen LogP contribution is -2.37. The van der Waals surface area contributed by atoms with E-state index in [4.69, 9.17) is 9.47 Å². The highest BCUT2D eigenvalue weighted by Gasteiger charge is 2.15. The van der Waals surface area contributed by atoms with E-state index in [2.05, 4.69) is 32.9 Å². The van der Waals surface area contributed by atoms with Crippen molar-refractivity contribution in [1.82, 2.24) is 4.90 Å². The van der Waals surface area contributed by atoms with Crippen LogP contribution < -0.4 is 0 Å². The van der Waals surface area contributed by atoms with Gasteiger partial charge in [0.1, 0.15) is 13.2 Å². The average molecular weight is 584 g/mol. The maximum atomic E-state index is 12.7. The highest BCUT2D eigenvalue weighted by molar-refractivity contribution is 5.76. The second-order valence-electron chi connectivity index (χ2n) is 10.4. The van der Waals surface area contributed by atoms with E-state index in [-0.39, 0.29) is 31.1 Å². The first-order chi connectivity index (χ1) is 20.0. The van der Waals surface area contributed by atoms with Crippen LogP contribution in [0.4, 0.5) is 0 Å². The molecule has 244 valence electrons. The van der Waals surface area contributed by atoms with Gasteiger partial charge in [-0.1, -0.05) is 118 Å². The fraction of sp³-hybridized carbons (Fsp3) is 0.857. The molecule has 0 rings (SSSR count). The van der Waals surface area contributed by atoms with Crippen LogP contribution in [0.25, 0.3) is 0 Å². The molecular weight excluding hydrogens is 514 g/mol. The minimum Gasteiger partial charge on any atom is -0.464 e. The minimum absolute atomic E-state index is 0.0331. The van der Waals surface area contributed by atoms with Crippen LogP contribution in [0.2, 0.25) is 0 Å². The molecule has 0 bridgehead atoms. The third-order valence-corrected chi connectivity index (χ3v) is 6.16. The molecule has 0 radical (unpaired) electrons. The van der Waals surface area contributed by atoms with E-state index in [1.54, 1.807) is 4.90 Å². The maximum absolute atomic E-state index is 12.7. The van der Waals surface area contributed by atoms with Crippen molar-refractivity contribution >= 4 is 17.8 Å². The van der Waals surface area contributed by atoms with Gasteiger partial charge >= 0.3 is 11.9 Å². The highest BCUT2D eigenvalue weighted by atomic mass is 16.5. The molecular formula is C35H69NO5. The molecule has 0 atom stereocenters. The number of allylic oxidation sites excluding steroid dienone is 2. The molecule has 0 aromatic carbocycles. The zero-order valence-electron chi connectivity index (χ0n) is 28.4. The van der Waals surface area contributed by atoms with Crippen molar-refractivity contribution in [2.45, 2.75) is 170 Å². The van der Waals surface area contributed by atoms with Gasteiger partial charge < -0.3 is 14.4 Å². The Hall–Kier alpha value is -1.85. The molecule has 0 saturated carbocycles. The SMILES string of the molecule is CC.CCC.CCCCCCCC/C=C\CCCCCCCC(=O)N(CCOC(=O)CCC)CCOC(=O)CCC. The van der Waals surface area contributed by atoms with Crippen molar-refractivity contribution in [2.75, 3.05) is 26.3 Å². The number of nitrogens with zero attached hydrogens (tertiary/aromatic N) is 1. The van der Waals surface area contributed by atoms with Gasteiger partial charge in [0.15, 0.2) is 0 Å². The predicted octanol–water partition coefficient (Wildman–Crippen LogP) is 9.98. The van der Waals surface area contributed by atoms with Crippen LogP contribution >= 0.6 is 0 Å². The number of rotatable bonds is 25. The van der Waals surface area contributed by atoms with Gasteiger partial charge in [-0.3, -0.25) is 14.4 Å². The molecule has 0 aromatic heterocycles. The highest BCUT2D eigenvalue weighted by Crippen LogP contribution is 2.11. The predicted molar refractivity (Wildman–Crippen MR) is 175 cm³/mol. The summed E-state index contributed by atoms with van der Waals surface area (Å²) in [7, 11) is 0. The molecule has 0 aliphatic carbocycles. The van der Waals surface area contributed by atoms with Crippen molar-refractivity contribution in [3.05, 3.63) is 12.2 Å². The average Bonchev–Trinajstić information content (AvgIpc) is 2.96. The molecule has 6 heteroatoms. The first-order valence-corrected chi connectivity index (χ1v) is 17.2. The van der Waals surface area contributed by atoms with Crippen LogP contribution in [0.15, 0.2) is 12.2 Å². The Labute approximate surface area is 255 Å². The summed E-state index contributed by atoms with van der Waals surface area (Å²) in [5, 5.41) is 0. The van der Waals surface area contributed by atoms with E-state index in [0.717, 1.165) is 38.5 Å². The van der Waals surface area contributed by atoms with Crippen LogP contribution in [0.1, 0.15) is 170 Å². The molecule has 0 spiro atoms. The second kappa shape index (κ2) is 38.1. The summed E-state index contributed by atoms with van der Waals surface area (Å²) in [6.07, 6.45) is 24.5. The first-order valence-electron chi connectivity index (χ1n) is 17.2. The summed E-state index contributed by atoms with van der Waals surface area (Å²) in [4.78, 5) is 37.6. The largest absolute Gasteiger partial charge is 0.464 e. The quantitative estimate of drug-likeness (QED) is 0.0607. The molecule has 0 aromatic rings. The molecule has 6 nitrogen and oxygen atoms in total.